The Hall–Kier alpha value is -0.193. The number of hydrogen-bond donors (Lipinski definition) is 0. The monoisotopic (exact) mass is 300 g/mol. The Balaban J connectivity index is 2.66. The maximum Gasteiger partial charge on any atom is 0.192 e. The van der Waals surface area contributed by atoms with E-state index in [0.717, 1.165) is 25.5 Å². The van der Waals surface area contributed by atoms with Gasteiger partial charge in [0.25, 0.3) is 0 Å². The van der Waals surface area contributed by atoms with Crippen molar-refractivity contribution in [3.8, 4) is 0 Å². The zero-order valence-electron chi connectivity index (χ0n) is 14.1. The molecule has 3 nitrogen and oxygen atoms in total. The second-order valence-corrected chi connectivity index (χ2v) is 12.3. The summed E-state index contributed by atoms with van der Waals surface area (Å²) in [6.45, 7) is 13.5. The second kappa shape index (κ2) is 7.19. The molecule has 0 aliphatic carbocycles. The lowest BCUT2D eigenvalue weighted by atomic mass is 10.1. The zero-order chi connectivity index (χ0) is 15.4. The molecule has 1 rings (SSSR count). The molecule has 0 bridgehead atoms. The van der Waals surface area contributed by atoms with Crippen LogP contribution < -0.4 is 0 Å². The molecule has 0 amide bonds. The second-order valence-electron chi connectivity index (χ2n) is 7.50. The van der Waals surface area contributed by atoms with E-state index in [-0.39, 0.29) is 23.4 Å². The SMILES string of the molecule is CCCCC[C@@H]1O[C@@H](C=O)C[C@@H]1O[Si](C)(C)C(C)(C)C. The molecule has 1 saturated heterocycles. The molecule has 118 valence electrons. The van der Waals surface area contributed by atoms with Gasteiger partial charge in [-0.25, -0.2) is 0 Å². The summed E-state index contributed by atoms with van der Waals surface area (Å²) in [5, 5.41) is 0.195. The molecule has 0 aromatic heterocycles. The smallest absolute Gasteiger partial charge is 0.192 e. The summed E-state index contributed by atoms with van der Waals surface area (Å²) in [5.41, 5.74) is 0. The molecule has 1 aliphatic rings. The highest BCUT2D eigenvalue weighted by Gasteiger charge is 2.44. The van der Waals surface area contributed by atoms with Crippen LogP contribution in [0.3, 0.4) is 0 Å². The van der Waals surface area contributed by atoms with E-state index in [9.17, 15) is 4.79 Å². The van der Waals surface area contributed by atoms with E-state index >= 15 is 0 Å². The van der Waals surface area contributed by atoms with E-state index in [4.69, 9.17) is 9.16 Å². The van der Waals surface area contributed by atoms with Gasteiger partial charge in [0, 0.05) is 6.42 Å². The summed E-state index contributed by atoms with van der Waals surface area (Å²) in [4.78, 5) is 11.0. The first-order valence-corrected chi connectivity index (χ1v) is 10.9. The summed E-state index contributed by atoms with van der Waals surface area (Å²) < 4.78 is 12.4. The Bertz CT molecular complexity index is 309. The van der Waals surface area contributed by atoms with Gasteiger partial charge >= 0.3 is 0 Å². The normalized spacial score (nSPS) is 27.8. The third kappa shape index (κ3) is 4.67. The van der Waals surface area contributed by atoms with Gasteiger partial charge in [-0.3, -0.25) is 0 Å². The van der Waals surface area contributed by atoms with Crippen molar-refractivity contribution < 1.29 is 14.0 Å². The fourth-order valence-corrected chi connectivity index (χ4v) is 3.72. The van der Waals surface area contributed by atoms with Gasteiger partial charge in [-0.05, 0) is 24.6 Å². The molecule has 0 aromatic carbocycles. The Morgan fingerprint density at radius 1 is 1.30 bits per heavy atom. The van der Waals surface area contributed by atoms with E-state index < -0.39 is 8.32 Å². The van der Waals surface area contributed by atoms with Gasteiger partial charge in [0.1, 0.15) is 12.4 Å². The Labute approximate surface area is 125 Å². The summed E-state index contributed by atoms with van der Waals surface area (Å²) >= 11 is 0. The molecule has 20 heavy (non-hydrogen) atoms. The summed E-state index contributed by atoms with van der Waals surface area (Å²) in [6.07, 6.45) is 6.19. The van der Waals surface area contributed by atoms with Gasteiger partial charge in [0.15, 0.2) is 8.32 Å². The van der Waals surface area contributed by atoms with Gasteiger partial charge in [-0.15, -0.1) is 0 Å². The predicted molar refractivity (Wildman–Crippen MR) is 85.6 cm³/mol. The van der Waals surface area contributed by atoms with Crippen LogP contribution in [0.5, 0.6) is 0 Å². The molecule has 0 unspecified atom stereocenters. The number of carbonyl (C=O) groups is 1. The quantitative estimate of drug-likeness (QED) is 0.399. The number of aldehydes is 1. The molecule has 0 spiro atoms. The van der Waals surface area contributed by atoms with Gasteiger partial charge in [-0.2, -0.15) is 0 Å². The number of hydrogen-bond acceptors (Lipinski definition) is 3. The van der Waals surface area contributed by atoms with Crippen LogP contribution in [0.2, 0.25) is 18.1 Å². The molecule has 0 aromatic rings. The van der Waals surface area contributed by atoms with Crippen LogP contribution in [0.15, 0.2) is 0 Å². The minimum atomic E-state index is -1.80. The van der Waals surface area contributed by atoms with Crippen molar-refractivity contribution in [3.63, 3.8) is 0 Å². The van der Waals surface area contributed by atoms with Crippen LogP contribution in [0, 0.1) is 0 Å². The van der Waals surface area contributed by atoms with Crippen molar-refractivity contribution in [3.05, 3.63) is 0 Å². The van der Waals surface area contributed by atoms with Crippen LogP contribution >= 0.6 is 0 Å². The maximum atomic E-state index is 11.0. The fraction of sp³-hybridized carbons (Fsp3) is 0.938. The van der Waals surface area contributed by atoms with E-state index in [2.05, 4.69) is 40.8 Å². The highest BCUT2D eigenvalue weighted by atomic mass is 28.4. The lowest BCUT2D eigenvalue weighted by molar-refractivity contribution is -0.117. The minimum Gasteiger partial charge on any atom is -0.411 e. The maximum absolute atomic E-state index is 11.0. The molecule has 0 radical (unpaired) electrons. The summed E-state index contributed by atoms with van der Waals surface area (Å²) in [7, 11) is -1.80. The number of carbonyl (C=O) groups excluding carboxylic acids is 1. The predicted octanol–water partition coefficient (Wildman–Crippen LogP) is 4.31. The third-order valence-electron chi connectivity index (χ3n) is 4.73. The summed E-state index contributed by atoms with van der Waals surface area (Å²) in [5.74, 6) is 0. The van der Waals surface area contributed by atoms with E-state index in [1.165, 1.54) is 12.8 Å². The minimum absolute atomic E-state index is 0.1000. The van der Waals surface area contributed by atoms with Crippen molar-refractivity contribution in [1.29, 1.82) is 0 Å². The molecular formula is C16H32O3Si. The van der Waals surface area contributed by atoms with Gasteiger partial charge < -0.3 is 14.0 Å². The standard InChI is InChI=1S/C16H32O3Si/c1-7-8-9-10-14-15(11-13(12-17)18-14)19-20(5,6)16(2,3)4/h12-15H,7-11H2,1-6H3/t13-,14+,15+/m1/s1. The molecule has 4 heteroatoms. The van der Waals surface area contributed by atoms with Gasteiger partial charge in [0.2, 0.25) is 0 Å². The summed E-state index contributed by atoms with van der Waals surface area (Å²) in [6, 6.07) is 0. The first kappa shape index (κ1) is 17.9. The van der Waals surface area contributed by atoms with Crippen molar-refractivity contribution >= 4 is 14.6 Å². The lowest BCUT2D eigenvalue weighted by Gasteiger charge is -2.39. The Kier molecular flexibility index (Phi) is 6.42. The molecule has 1 fully saturated rings. The molecule has 1 heterocycles. The topological polar surface area (TPSA) is 35.5 Å². The highest BCUT2D eigenvalue weighted by Crippen LogP contribution is 2.40. The molecule has 1 aliphatic heterocycles. The van der Waals surface area contributed by atoms with Gasteiger partial charge in [-0.1, -0.05) is 47.0 Å². The first-order chi connectivity index (χ1) is 9.21. The molecule has 0 N–H and O–H groups in total. The largest absolute Gasteiger partial charge is 0.411 e. The number of rotatable bonds is 7. The number of unbranched alkanes of at least 4 members (excludes halogenated alkanes) is 2. The van der Waals surface area contributed by atoms with Crippen molar-refractivity contribution in [1.82, 2.24) is 0 Å². The Morgan fingerprint density at radius 3 is 2.45 bits per heavy atom. The average Bonchev–Trinajstić information content (AvgIpc) is 2.70. The van der Waals surface area contributed by atoms with E-state index in [1.807, 2.05) is 0 Å². The van der Waals surface area contributed by atoms with Crippen LogP contribution in [0.4, 0.5) is 0 Å². The van der Waals surface area contributed by atoms with Gasteiger partial charge in [0.05, 0.1) is 12.2 Å². The van der Waals surface area contributed by atoms with Crippen LogP contribution in [0.1, 0.15) is 59.8 Å². The van der Waals surface area contributed by atoms with Crippen LogP contribution in [-0.4, -0.2) is 32.9 Å². The highest BCUT2D eigenvalue weighted by molar-refractivity contribution is 6.74. The molecule has 3 atom stereocenters. The van der Waals surface area contributed by atoms with E-state index in [1.54, 1.807) is 0 Å². The van der Waals surface area contributed by atoms with Crippen molar-refractivity contribution in [2.75, 3.05) is 0 Å². The third-order valence-corrected chi connectivity index (χ3v) is 9.23. The first-order valence-electron chi connectivity index (χ1n) is 8.00. The fourth-order valence-electron chi connectivity index (χ4n) is 2.36. The van der Waals surface area contributed by atoms with Crippen molar-refractivity contribution in [2.45, 2.75) is 96.2 Å². The van der Waals surface area contributed by atoms with Crippen LogP contribution in [0.25, 0.3) is 0 Å². The molecular weight excluding hydrogens is 268 g/mol. The zero-order valence-corrected chi connectivity index (χ0v) is 15.1. The lowest BCUT2D eigenvalue weighted by Crippen LogP contribution is -2.45. The number of ether oxygens (including phenoxy) is 1. The molecule has 0 saturated carbocycles. The average molecular weight is 301 g/mol. The Morgan fingerprint density at radius 2 is 1.95 bits per heavy atom. The van der Waals surface area contributed by atoms with Crippen molar-refractivity contribution in [2.24, 2.45) is 0 Å². The van der Waals surface area contributed by atoms with E-state index in [0.29, 0.717) is 0 Å². The van der Waals surface area contributed by atoms with Crippen LogP contribution in [-0.2, 0) is 14.0 Å².